The van der Waals surface area contributed by atoms with Crippen molar-refractivity contribution in [3.8, 4) is 5.75 Å². The smallest absolute Gasteiger partial charge is 0.311 e. The summed E-state index contributed by atoms with van der Waals surface area (Å²) in [5.74, 6) is -0.939. The summed E-state index contributed by atoms with van der Waals surface area (Å²) in [6.07, 6.45) is 0.606. The van der Waals surface area contributed by atoms with E-state index in [0.29, 0.717) is 19.5 Å². The second-order valence-corrected chi connectivity index (χ2v) is 5.21. The zero-order valence-electron chi connectivity index (χ0n) is 12.0. The first-order valence-electron chi connectivity index (χ1n) is 6.72. The number of hydrogen-bond donors (Lipinski definition) is 1. The van der Waals surface area contributed by atoms with E-state index in [-0.39, 0.29) is 23.4 Å². The van der Waals surface area contributed by atoms with E-state index in [1.807, 2.05) is 11.8 Å². The van der Waals surface area contributed by atoms with Crippen molar-refractivity contribution >= 4 is 11.7 Å². The van der Waals surface area contributed by atoms with Crippen LogP contribution in [0.3, 0.4) is 0 Å². The lowest BCUT2D eigenvalue weighted by atomic mass is 10.0. The fourth-order valence-electron chi connectivity index (χ4n) is 2.77. The van der Waals surface area contributed by atoms with Crippen LogP contribution in [-0.4, -0.2) is 40.6 Å². The maximum atomic E-state index is 11.1. The highest BCUT2D eigenvalue weighted by atomic mass is 16.6. The average Bonchev–Trinajstić information content (AvgIpc) is 2.80. The van der Waals surface area contributed by atoms with Crippen LogP contribution in [0.1, 0.15) is 18.9 Å². The molecule has 1 fully saturated rings. The van der Waals surface area contributed by atoms with Crippen LogP contribution in [0.4, 0.5) is 5.69 Å². The first-order valence-corrected chi connectivity index (χ1v) is 6.72. The third-order valence-electron chi connectivity index (χ3n) is 4.03. The Labute approximate surface area is 122 Å². The summed E-state index contributed by atoms with van der Waals surface area (Å²) in [6, 6.07) is 4.75. The van der Waals surface area contributed by atoms with Crippen molar-refractivity contribution in [3.63, 3.8) is 0 Å². The van der Waals surface area contributed by atoms with Crippen molar-refractivity contribution in [2.45, 2.75) is 25.9 Å². The van der Waals surface area contributed by atoms with Crippen LogP contribution < -0.4 is 4.74 Å². The second-order valence-electron chi connectivity index (χ2n) is 5.21. The van der Waals surface area contributed by atoms with Crippen molar-refractivity contribution in [2.75, 3.05) is 13.7 Å². The van der Waals surface area contributed by atoms with Gasteiger partial charge in [-0.25, -0.2) is 0 Å². The SMILES string of the molecule is COc1ccc(CN2CCC(C(=O)O)C2C)cc1[N+](=O)[O-]. The second kappa shape index (κ2) is 6.09. The Hall–Kier alpha value is -2.15. The van der Waals surface area contributed by atoms with Gasteiger partial charge in [-0.2, -0.15) is 0 Å². The molecule has 0 bridgehead atoms. The van der Waals surface area contributed by atoms with Gasteiger partial charge in [0.15, 0.2) is 5.75 Å². The number of benzene rings is 1. The number of carbonyl (C=O) groups is 1. The lowest BCUT2D eigenvalue weighted by Gasteiger charge is -2.23. The minimum Gasteiger partial charge on any atom is -0.490 e. The first-order chi connectivity index (χ1) is 9.93. The highest BCUT2D eigenvalue weighted by Gasteiger charge is 2.35. The summed E-state index contributed by atoms with van der Waals surface area (Å²) in [5.41, 5.74) is 0.706. The average molecular weight is 294 g/mol. The molecule has 0 aromatic heterocycles. The van der Waals surface area contributed by atoms with Crippen molar-refractivity contribution < 1.29 is 19.6 Å². The largest absolute Gasteiger partial charge is 0.490 e. The highest BCUT2D eigenvalue weighted by Crippen LogP contribution is 2.30. The number of ether oxygens (including phenoxy) is 1. The molecular formula is C14H18N2O5. The Bertz CT molecular complexity index is 560. The Morgan fingerprint density at radius 1 is 1.57 bits per heavy atom. The van der Waals surface area contributed by atoms with E-state index in [1.165, 1.54) is 13.2 Å². The van der Waals surface area contributed by atoms with E-state index in [2.05, 4.69) is 0 Å². The number of hydrogen-bond acceptors (Lipinski definition) is 5. The molecule has 2 unspecified atom stereocenters. The molecule has 0 amide bonds. The summed E-state index contributed by atoms with van der Waals surface area (Å²) in [4.78, 5) is 23.7. The van der Waals surface area contributed by atoms with Gasteiger partial charge in [0, 0.05) is 18.7 Å². The number of carboxylic acids is 1. The molecule has 7 heteroatoms. The molecule has 1 aromatic carbocycles. The van der Waals surface area contributed by atoms with Gasteiger partial charge in [0.2, 0.25) is 0 Å². The van der Waals surface area contributed by atoms with Crippen molar-refractivity contribution in [3.05, 3.63) is 33.9 Å². The number of carboxylic acid groups (broad SMARTS) is 1. The normalized spacial score (nSPS) is 22.2. The zero-order valence-corrected chi connectivity index (χ0v) is 12.0. The molecule has 1 aliphatic rings. The lowest BCUT2D eigenvalue weighted by Crippen LogP contribution is -2.32. The fraction of sp³-hybridized carbons (Fsp3) is 0.500. The van der Waals surface area contributed by atoms with Gasteiger partial charge in [0.25, 0.3) is 0 Å². The third kappa shape index (κ3) is 3.13. The van der Waals surface area contributed by atoms with Gasteiger partial charge in [-0.3, -0.25) is 19.8 Å². The number of aliphatic carboxylic acids is 1. The van der Waals surface area contributed by atoms with Crippen molar-refractivity contribution in [1.29, 1.82) is 0 Å². The number of nitro benzene ring substituents is 1. The van der Waals surface area contributed by atoms with Crippen LogP contribution in [0.2, 0.25) is 0 Å². The van der Waals surface area contributed by atoms with Crippen LogP contribution in [0.25, 0.3) is 0 Å². The van der Waals surface area contributed by atoms with E-state index in [9.17, 15) is 14.9 Å². The van der Waals surface area contributed by atoms with E-state index < -0.39 is 10.9 Å². The molecule has 114 valence electrons. The van der Waals surface area contributed by atoms with Gasteiger partial charge in [-0.05, 0) is 31.5 Å². The van der Waals surface area contributed by atoms with Crippen molar-refractivity contribution in [1.82, 2.24) is 4.90 Å². The predicted octanol–water partition coefficient (Wildman–Crippen LogP) is 1.90. The van der Waals surface area contributed by atoms with Crippen LogP contribution in [0, 0.1) is 16.0 Å². The molecule has 1 heterocycles. The Morgan fingerprint density at radius 2 is 2.29 bits per heavy atom. The van der Waals surface area contributed by atoms with Crippen LogP contribution >= 0.6 is 0 Å². The monoisotopic (exact) mass is 294 g/mol. The van der Waals surface area contributed by atoms with Crippen LogP contribution in [0.5, 0.6) is 5.75 Å². The van der Waals surface area contributed by atoms with Gasteiger partial charge >= 0.3 is 11.7 Å². The van der Waals surface area contributed by atoms with E-state index >= 15 is 0 Å². The number of methoxy groups -OCH3 is 1. The standard InChI is InChI=1S/C14H18N2O5/c1-9-11(14(17)18)5-6-15(9)8-10-3-4-13(21-2)12(7-10)16(19)20/h3-4,7,9,11H,5-6,8H2,1-2H3,(H,17,18). The molecule has 2 rings (SSSR count). The third-order valence-corrected chi connectivity index (χ3v) is 4.03. The van der Waals surface area contributed by atoms with Gasteiger partial charge in [0.1, 0.15) is 0 Å². The molecule has 1 saturated heterocycles. The molecule has 7 nitrogen and oxygen atoms in total. The quantitative estimate of drug-likeness (QED) is 0.658. The van der Waals surface area contributed by atoms with Gasteiger partial charge in [-0.1, -0.05) is 6.07 Å². The summed E-state index contributed by atoms with van der Waals surface area (Å²) >= 11 is 0. The summed E-state index contributed by atoms with van der Waals surface area (Å²) in [6.45, 7) is 3.05. The number of nitrogens with zero attached hydrogens (tertiary/aromatic N) is 2. The van der Waals surface area contributed by atoms with Gasteiger partial charge in [0.05, 0.1) is 18.0 Å². The predicted molar refractivity (Wildman–Crippen MR) is 75.3 cm³/mol. The minimum absolute atomic E-state index is 0.0726. The molecule has 0 aliphatic carbocycles. The van der Waals surface area contributed by atoms with E-state index in [1.54, 1.807) is 12.1 Å². The van der Waals surface area contributed by atoms with Crippen LogP contribution in [-0.2, 0) is 11.3 Å². The first kappa shape index (κ1) is 15.2. The summed E-state index contributed by atoms with van der Waals surface area (Å²) in [7, 11) is 1.39. The number of rotatable bonds is 5. The van der Waals surface area contributed by atoms with E-state index in [0.717, 1.165) is 5.56 Å². The topological polar surface area (TPSA) is 92.9 Å². The zero-order chi connectivity index (χ0) is 15.6. The Morgan fingerprint density at radius 3 is 2.81 bits per heavy atom. The highest BCUT2D eigenvalue weighted by molar-refractivity contribution is 5.71. The summed E-state index contributed by atoms with van der Waals surface area (Å²) < 4.78 is 4.97. The number of nitro groups is 1. The lowest BCUT2D eigenvalue weighted by molar-refractivity contribution is -0.385. The molecule has 0 spiro atoms. The maximum Gasteiger partial charge on any atom is 0.311 e. The minimum atomic E-state index is -0.786. The van der Waals surface area contributed by atoms with Crippen LogP contribution in [0.15, 0.2) is 18.2 Å². The number of likely N-dealkylation sites (tertiary alicyclic amines) is 1. The van der Waals surface area contributed by atoms with E-state index in [4.69, 9.17) is 9.84 Å². The van der Waals surface area contributed by atoms with Gasteiger partial charge in [-0.15, -0.1) is 0 Å². The molecule has 1 N–H and O–H groups in total. The molecule has 0 saturated carbocycles. The molecular weight excluding hydrogens is 276 g/mol. The molecule has 1 aliphatic heterocycles. The van der Waals surface area contributed by atoms with Gasteiger partial charge < -0.3 is 9.84 Å². The molecule has 21 heavy (non-hydrogen) atoms. The maximum absolute atomic E-state index is 11.1. The molecule has 2 atom stereocenters. The Kier molecular flexibility index (Phi) is 4.42. The van der Waals surface area contributed by atoms with Crippen molar-refractivity contribution in [2.24, 2.45) is 5.92 Å². The molecule has 1 aromatic rings. The summed E-state index contributed by atoms with van der Waals surface area (Å²) in [5, 5.41) is 20.1. The fourth-order valence-corrected chi connectivity index (χ4v) is 2.77. The Balaban J connectivity index is 2.15. The molecule has 0 radical (unpaired) electrons.